The van der Waals surface area contributed by atoms with Crippen molar-refractivity contribution in [1.29, 1.82) is 0 Å². The standard InChI is InChI=1S/C11H22N2O3S/c14-17(15,8-6-12-11-3-4-11)13-5-7-16-9-10-1-2-10/h10-13H,1-9H2. The third kappa shape index (κ3) is 6.35. The minimum atomic E-state index is -3.13. The van der Waals surface area contributed by atoms with Gasteiger partial charge in [0.05, 0.1) is 12.4 Å². The first-order valence-electron chi connectivity index (χ1n) is 6.44. The summed E-state index contributed by atoms with van der Waals surface area (Å²) in [5, 5.41) is 3.19. The van der Waals surface area contributed by atoms with E-state index in [1.807, 2.05) is 0 Å². The fourth-order valence-corrected chi connectivity index (χ4v) is 2.49. The monoisotopic (exact) mass is 262 g/mol. The second-order valence-electron chi connectivity index (χ2n) is 4.96. The molecule has 2 aliphatic rings. The van der Waals surface area contributed by atoms with Gasteiger partial charge in [0.1, 0.15) is 0 Å². The maximum absolute atomic E-state index is 11.5. The maximum atomic E-state index is 11.5. The number of sulfonamides is 1. The van der Waals surface area contributed by atoms with Crippen molar-refractivity contribution in [2.75, 3.05) is 32.1 Å². The summed E-state index contributed by atoms with van der Waals surface area (Å²) in [5.41, 5.74) is 0. The molecule has 0 unspecified atom stereocenters. The van der Waals surface area contributed by atoms with Crippen molar-refractivity contribution in [3.63, 3.8) is 0 Å². The van der Waals surface area contributed by atoms with E-state index >= 15 is 0 Å². The SMILES string of the molecule is O=S(=O)(CCNC1CC1)NCCOCC1CC1. The van der Waals surface area contributed by atoms with Crippen molar-refractivity contribution in [2.45, 2.75) is 31.7 Å². The second kappa shape index (κ2) is 6.13. The van der Waals surface area contributed by atoms with Crippen LogP contribution in [0.4, 0.5) is 0 Å². The molecule has 0 aliphatic heterocycles. The lowest BCUT2D eigenvalue weighted by molar-refractivity contribution is 0.129. The van der Waals surface area contributed by atoms with Gasteiger partial charge in [0.15, 0.2) is 0 Å². The number of nitrogens with one attached hydrogen (secondary N) is 2. The van der Waals surface area contributed by atoms with Gasteiger partial charge in [-0.15, -0.1) is 0 Å². The Labute approximate surface area is 103 Å². The zero-order valence-electron chi connectivity index (χ0n) is 10.2. The normalized spacial score (nSPS) is 20.7. The van der Waals surface area contributed by atoms with E-state index in [9.17, 15) is 8.42 Å². The van der Waals surface area contributed by atoms with Crippen LogP contribution in [0.1, 0.15) is 25.7 Å². The van der Waals surface area contributed by atoms with Crippen LogP contribution in [0.5, 0.6) is 0 Å². The summed E-state index contributed by atoms with van der Waals surface area (Å²) in [6.07, 6.45) is 4.89. The van der Waals surface area contributed by atoms with Crippen molar-refractivity contribution >= 4 is 10.0 Å². The van der Waals surface area contributed by atoms with Crippen LogP contribution in [-0.2, 0) is 14.8 Å². The minimum Gasteiger partial charge on any atom is -0.380 e. The van der Waals surface area contributed by atoms with E-state index in [-0.39, 0.29) is 5.75 Å². The largest absolute Gasteiger partial charge is 0.380 e. The number of hydrogen-bond donors (Lipinski definition) is 2. The molecule has 2 aliphatic carbocycles. The first-order valence-corrected chi connectivity index (χ1v) is 8.09. The lowest BCUT2D eigenvalue weighted by Gasteiger charge is -2.07. The first-order chi connectivity index (χ1) is 8.16. The molecular formula is C11H22N2O3S. The molecule has 6 heteroatoms. The quantitative estimate of drug-likeness (QED) is 0.547. The molecule has 2 saturated carbocycles. The van der Waals surface area contributed by atoms with Gasteiger partial charge >= 0.3 is 0 Å². The van der Waals surface area contributed by atoms with Gasteiger partial charge in [0, 0.05) is 25.7 Å². The molecule has 0 radical (unpaired) electrons. The van der Waals surface area contributed by atoms with Crippen molar-refractivity contribution in [3.8, 4) is 0 Å². The molecule has 2 N–H and O–H groups in total. The van der Waals surface area contributed by atoms with E-state index in [4.69, 9.17) is 4.74 Å². The van der Waals surface area contributed by atoms with Crippen LogP contribution in [0.3, 0.4) is 0 Å². The summed E-state index contributed by atoms with van der Waals surface area (Å²) >= 11 is 0. The second-order valence-corrected chi connectivity index (χ2v) is 6.89. The van der Waals surface area contributed by atoms with E-state index in [0.717, 1.165) is 12.5 Å². The molecule has 2 rings (SSSR count). The number of rotatable bonds is 10. The predicted octanol–water partition coefficient (Wildman–Crippen LogP) is 0.0844. The molecule has 0 aromatic carbocycles. The van der Waals surface area contributed by atoms with Crippen molar-refractivity contribution in [3.05, 3.63) is 0 Å². The van der Waals surface area contributed by atoms with E-state index in [1.54, 1.807) is 0 Å². The van der Waals surface area contributed by atoms with Crippen LogP contribution < -0.4 is 10.0 Å². The average molecular weight is 262 g/mol. The highest BCUT2D eigenvalue weighted by Crippen LogP contribution is 2.28. The summed E-state index contributed by atoms with van der Waals surface area (Å²) in [6, 6.07) is 0.562. The molecule has 17 heavy (non-hydrogen) atoms. The van der Waals surface area contributed by atoms with Crippen LogP contribution in [0.2, 0.25) is 0 Å². The molecule has 0 saturated heterocycles. The first kappa shape index (κ1) is 13.3. The molecule has 0 spiro atoms. The van der Waals surface area contributed by atoms with Crippen molar-refractivity contribution in [2.24, 2.45) is 5.92 Å². The van der Waals surface area contributed by atoms with Gasteiger partial charge in [-0.2, -0.15) is 0 Å². The Morgan fingerprint density at radius 1 is 1.12 bits per heavy atom. The fourth-order valence-electron chi connectivity index (χ4n) is 1.56. The van der Waals surface area contributed by atoms with Crippen LogP contribution in [0.15, 0.2) is 0 Å². The zero-order chi connectivity index (χ0) is 12.1. The van der Waals surface area contributed by atoms with Gasteiger partial charge in [0.2, 0.25) is 10.0 Å². The summed E-state index contributed by atoms with van der Waals surface area (Å²) in [7, 11) is -3.13. The minimum absolute atomic E-state index is 0.159. The molecule has 0 aromatic heterocycles. The fraction of sp³-hybridized carbons (Fsp3) is 1.00. The lowest BCUT2D eigenvalue weighted by atomic mass is 10.5. The van der Waals surface area contributed by atoms with Gasteiger partial charge in [-0.05, 0) is 31.6 Å². The molecule has 0 bridgehead atoms. The zero-order valence-corrected chi connectivity index (χ0v) is 11.0. The van der Waals surface area contributed by atoms with Crippen LogP contribution in [0.25, 0.3) is 0 Å². The van der Waals surface area contributed by atoms with Gasteiger partial charge in [-0.25, -0.2) is 13.1 Å². The summed E-state index contributed by atoms with van der Waals surface area (Å²) in [4.78, 5) is 0. The molecular weight excluding hydrogens is 240 g/mol. The topological polar surface area (TPSA) is 67.4 Å². The van der Waals surface area contributed by atoms with Gasteiger partial charge in [-0.1, -0.05) is 0 Å². The molecule has 2 fully saturated rings. The van der Waals surface area contributed by atoms with E-state index < -0.39 is 10.0 Å². The Bertz CT molecular complexity index is 324. The summed E-state index contributed by atoms with van der Waals surface area (Å²) < 4.78 is 31.0. The predicted molar refractivity (Wildman–Crippen MR) is 66.4 cm³/mol. The van der Waals surface area contributed by atoms with Crippen LogP contribution in [0, 0.1) is 5.92 Å². The summed E-state index contributed by atoms with van der Waals surface area (Å²) in [6.45, 7) is 2.19. The molecule has 5 nitrogen and oxygen atoms in total. The lowest BCUT2D eigenvalue weighted by Crippen LogP contribution is -2.34. The molecule has 0 aromatic rings. The van der Waals surface area contributed by atoms with Crippen LogP contribution in [-0.4, -0.2) is 46.5 Å². The molecule has 0 heterocycles. The van der Waals surface area contributed by atoms with Gasteiger partial charge < -0.3 is 10.1 Å². The average Bonchev–Trinajstić information content (AvgIpc) is 3.12. The maximum Gasteiger partial charge on any atom is 0.212 e. The highest BCUT2D eigenvalue weighted by atomic mass is 32.2. The Morgan fingerprint density at radius 3 is 2.53 bits per heavy atom. The Hall–Kier alpha value is -0.170. The third-order valence-electron chi connectivity index (χ3n) is 3.00. The molecule has 100 valence electrons. The van der Waals surface area contributed by atoms with E-state index in [0.29, 0.717) is 25.7 Å². The highest BCUT2D eigenvalue weighted by molar-refractivity contribution is 7.89. The summed E-state index contributed by atoms with van der Waals surface area (Å²) in [5.74, 6) is 0.890. The van der Waals surface area contributed by atoms with Gasteiger partial charge in [-0.3, -0.25) is 0 Å². The Kier molecular flexibility index (Phi) is 4.78. The Balaban J connectivity index is 1.46. The molecule has 0 amide bonds. The third-order valence-corrected chi connectivity index (χ3v) is 4.39. The smallest absolute Gasteiger partial charge is 0.212 e. The number of hydrogen-bond acceptors (Lipinski definition) is 4. The molecule has 0 atom stereocenters. The number of ether oxygens (including phenoxy) is 1. The van der Waals surface area contributed by atoms with Crippen molar-refractivity contribution < 1.29 is 13.2 Å². The van der Waals surface area contributed by atoms with Crippen molar-refractivity contribution in [1.82, 2.24) is 10.0 Å². The van der Waals surface area contributed by atoms with Gasteiger partial charge in [0.25, 0.3) is 0 Å². The Morgan fingerprint density at radius 2 is 1.88 bits per heavy atom. The van der Waals surface area contributed by atoms with Crippen LogP contribution >= 0.6 is 0 Å². The van der Waals surface area contributed by atoms with E-state index in [1.165, 1.54) is 25.7 Å². The van der Waals surface area contributed by atoms with E-state index in [2.05, 4.69) is 10.0 Å². The highest BCUT2D eigenvalue weighted by Gasteiger charge is 2.22.